The van der Waals surface area contributed by atoms with Gasteiger partial charge in [0.05, 0.1) is 6.10 Å². The molecule has 7 nitrogen and oxygen atoms in total. The van der Waals surface area contributed by atoms with Crippen molar-refractivity contribution in [2.45, 2.75) is 6.10 Å². The maximum absolute atomic E-state index is 11.4. The number of nitrogens with one attached hydrogen (secondary N) is 2. The Labute approximate surface area is 94.5 Å². The minimum atomic E-state index is -0.720. The van der Waals surface area contributed by atoms with Crippen LogP contribution in [0.25, 0.3) is 0 Å². The number of aromatic amines is 1. The van der Waals surface area contributed by atoms with Gasteiger partial charge in [-0.1, -0.05) is 0 Å². The molecule has 0 aromatic carbocycles. The van der Waals surface area contributed by atoms with E-state index in [2.05, 4.69) is 25.9 Å². The standard InChI is InChI=1S/C8H9N5O2S/c14-6(5-1-2-16-4-5)3-9-8(15)7-10-12-13-11-7/h1-2,4,6,14H,3H2,(H,9,15)(H,10,11,12,13). The van der Waals surface area contributed by atoms with Gasteiger partial charge < -0.3 is 10.4 Å². The number of aromatic nitrogens is 4. The largest absolute Gasteiger partial charge is 0.387 e. The number of tetrazole rings is 1. The highest BCUT2D eigenvalue weighted by atomic mass is 32.1. The number of carbonyl (C=O) groups excluding carboxylic acids is 1. The van der Waals surface area contributed by atoms with Crippen LogP contribution in [-0.4, -0.2) is 38.2 Å². The predicted molar refractivity (Wildman–Crippen MR) is 55.8 cm³/mol. The number of amides is 1. The maximum Gasteiger partial charge on any atom is 0.292 e. The lowest BCUT2D eigenvalue weighted by Gasteiger charge is -2.08. The second-order valence-electron chi connectivity index (χ2n) is 3.02. The molecule has 0 aliphatic carbocycles. The lowest BCUT2D eigenvalue weighted by Crippen LogP contribution is -2.29. The average Bonchev–Trinajstić information content (AvgIpc) is 2.95. The van der Waals surface area contributed by atoms with Gasteiger partial charge in [0.25, 0.3) is 11.7 Å². The van der Waals surface area contributed by atoms with Gasteiger partial charge in [0.2, 0.25) is 0 Å². The quantitative estimate of drug-likeness (QED) is 0.681. The third-order valence-electron chi connectivity index (χ3n) is 1.93. The molecule has 0 saturated carbocycles. The molecule has 0 radical (unpaired) electrons. The Morgan fingerprint density at radius 2 is 2.56 bits per heavy atom. The van der Waals surface area contributed by atoms with Crippen molar-refractivity contribution in [2.75, 3.05) is 6.54 Å². The van der Waals surface area contributed by atoms with E-state index in [1.807, 2.05) is 10.8 Å². The zero-order valence-corrected chi connectivity index (χ0v) is 8.94. The predicted octanol–water partition coefficient (Wildman–Crippen LogP) is -0.275. The summed E-state index contributed by atoms with van der Waals surface area (Å²) < 4.78 is 0. The van der Waals surface area contributed by atoms with Crippen LogP contribution in [0.5, 0.6) is 0 Å². The summed E-state index contributed by atoms with van der Waals surface area (Å²) >= 11 is 1.49. The third kappa shape index (κ3) is 2.41. The molecule has 0 aliphatic heterocycles. The molecule has 84 valence electrons. The van der Waals surface area contributed by atoms with Crippen LogP contribution in [0, 0.1) is 0 Å². The van der Waals surface area contributed by atoms with Crippen molar-refractivity contribution in [3.8, 4) is 0 Å². The lowest BCUT2D eigenvalue weighted by atomic mass is 10.2. The van der Waals surface area contributed by atoms with Crippen LogP contribution in [0.4, 0.5) is 0 Å². The highest BCUT2D eigenvalue weighted by Crippen LogP contribution is 2.14. The summed E-state index contributed by atoms with van der Waals surface area (Å²) in [6.07, 6.45) is -0.720. The second kappa shape index (κ2) is 4.81. The van der Waals surface area contributed by atoms with Crippen molar-refractivity contribution >= 4 is 17.2 Å². The number of nitrogens with zero attached hydrogens (tertiary/aromatic N) is 3. The molecule has 16 heavy (non-hydrogen) atoms. The number of thiophene rings is 1. The smallest absolute Gasteiger partial charge is 0.292 e. The second-order valence-corrected chi connectivity index (χ2v) is 3.80. The molecule has 0 spiro atoms. The van der Waals surface area contributed by atoms with Crippen molar-refractivity contribution in [1.29, 1.82) is 0 Å². The molecular formula is C8H9N5O2S. The number of rotatable bonds is 4. The third-order valence-corrected chi connectivity index (χ3v) is 2.63. The molecule has 0 aliphatic rings. The Bertz CT molecular complexity index is 441. The SMILES string of the molecule is O=C(NCC(O)c1ccsc1)c1nn[nH]n1. The summed E-state index contributed by atoms with van der Waals surface area (Å²) in [6, 6.07) is 1.80. The molecule has 3 N–H and O–H groups in total. The first-order valence-corrected chi connectivity index (χ1v) is 5.43. The molecule has 0 saturated heterocycles. The van der Waals surface area contributed by atoms with Gasteiger partial charge in [-0.3, -0.25) is 4.79 Å². The Balaban J connectivity index is 1.86. The summed E-state index contributed by atoms with van der Waals surface area (Å²) in [4.78, 5) is 11.4. The van der Waals surface area contributed by atoms with E-state index >= 15 is 0 Å². The van der Waals surface area contributed by atoms with E-state index in [1.165, 1.54) is 11.3 Å². The van der Waals surface area contributed by atoms with E-state index in [0.29, 0.717) is 0 Å². The van der Waals surface area contributed by atoms with E-state index < -0.39 is 12.0 Å². The van der Waals surface area contributed by atoms with Crippen molar-refractivity contribution in [2.24, 2.45) is 0 Å². The van der Waals surface area contributed by atoms with Crippen LogP contribution in [0.3, 0.4) is 0 Å². The molecular weight excluding hydrogens is 230 g/mol. The summed E-state index contributed by atoms with van der Waals surface area (Å²) in [5.74, 6) is -0.513. The van der Waals surface area contributed by atoms with Crippen molar-refractivity contribution in [3.05, 3.63) is 28.2 Å². The molecule has 2 rings (SSSR count). The van der Waals surface area contributed by atoms with Gasteiger partial charge in [-0.05, 0) is 27.6 Å². The van der Waals surface area contributed by atoms with Gasteiger partial charge in [-0.2, -0.15) is 16.6 Å². The number of hydrogen-bond donors (Lipinski definition) is 3. The van der Waals surface area contributed by atoms with Crippen LogP contribution >= 0.6 is 11.3 Å². The van der Waals surface area contributed by atoms with Gasteiger partial charge in [-0.15, -0.1) is 10.2 Å². The fourth-order valence-electron chi connectivity index (χ4n) is 1.11. The molecule has 1 amide bonds. The summed E-state index contributed by atoms with van der Waals surface area (Å²) in [5, 5.41) is 28.3. The van der Waals surface area contributed by atoms with Crippen molar-refractivity contribution in [1.82, 2.24) is 25.9 Å². The first kappa shape index (κ1) is 10.7. The fourth-order valence-corrected chi connectivity index (χ4v) is 1.82. The molecule has 0 fully saturated rings. The average molecular weight is 239 g/mol. The minimum Gasteiger partial charge on any atom is -0.387 e. The van der Waals surface area contributed by atoms with E-state index in [0.717, 1.165) is 5.56 Å². The number of aliphatic hydroxyl groups is 1. The van der Waals surface area contributed by atoms with Crippen LogP contribution in [0.1, 0.15) is 22.3 Å². The molecule has 2 heterocycles. The normalized spacial score (nSPS) is 12.3. The summed E-state index contributed by atoms with van der Waals surface area (Å²) in [7, 11) is 0. The van der Waals surface area contributed by atoms with Crippen LogP contribution in [0.15, 0.2) is 16.8 Å². The Morgan fingerprint density at radius 1 is 1.69 bits per heavy atom. The molecule has 0 bridgehead atoms. The fraction of sp³-hybridized carbons (Fsp3) is 0.250. The van der Waals surface area contributed by atoms with Gasteiger partial charge in [0.15, 0.2) is 0 Å². The van der Waals surface area contributed by atoms with Crippen LogP contribution in [0.2, 0.25) is 0 Å². The van der Waals surface area contributed by atoms with E-state index in [1.54, 1.807) is 6.07 Å². The molecule has 8 heteroatoms. The topological polar surface area (TPSA) is 104 Å². The number of carbonyl (C=O) groups is 1. The van der Waals surface area contributed by atoms with Crippen LogP contribution in [-0.2, 0) is 0 Å². The van der Waals surface area contributed by atoms with Crippen LogP contribution < -0.4 is 5.32 Å². The van der Waals surface area contributed by atoms with Crippen molar-refractivity contribution in [3.63, 3.8) is 0 Å². The molecule has 2 aromatic heterocycles. The van der Waals surface area contributed by atoms with Gasteiger partial charge in [0.1, 0.15) is 0 Å². The Morgan fingerprint density at radius 3 is 3.19 bits per heavy atom. The minimum absolute atomic E-state index is 0.0440. The monoisotopic (exact) mass is 239 g/mol. The van der Waals surface area contributed by atoms with E-state index in [9.17, 15) is 9.90 Å². The summed E-state index contributed by atoms with van der Waals surface area (Å²) in [5.41, 5.74) is 0.776. The maximum atomic E-state index is 11.4. The highest BCUT2D eigenvalue weighted by Gasteiger charge is 2.13. The first-order chi connectivity index (χ1) is 7.77. The van der Waals surface area contributed by atoms with Crippen molar-refractivity contribution < 1.29 is 9.90 Å². The Kier molecular flexibility index (Phi) is 3.22. The van der Waals surface area contributed by atoms with Gasteiger partial charge >= 0.3 is 0 Å². The zero-order valence-electron chi connectivity index (χ0n) is 8.12. The first-order valence-electron chi connectivity index (χ1n) is 4.49. The van der Waals surface area contributed by atoms with E-state index in [4.69, 9.17) is 0 Å². The highest BCUT2D eigenvalue weighted by molar-refractivity contribution is 7.07. The zero-order chi connectivity index (χ0) is 11.4. The van der Waals surface area contributed by atoms with E-state index in [-0.39, 0.29) is 12.4 Å². The summed E-state index contributed by atoms with van der Waals surface area (Å²) in [6.45, 7) is 0.115. The lowest BCUT2D eigenvalue weighted by molar-refractivity contribution is 0.0906. The molecule has 2 aromatic rings. The number of H-pyrrole nitrogens is 1. The number of hydrogen-bond acceptors (Lipinski definition) is 6. The molecule has 1 unspecified atom stereocenters. The van der Waals surface area contributed by atoms with Gasteiger partial charge in [0, 0.05) is 6.54 Å². The van der Waals surface area contributed by atoms with Gasteiger partial charge in [-0.25, -0.2) is 0 Å². The number of aliphatic hydroxyl groups excluding tert-OH is 1. The molecule has 1 atom stereocenters. The Hall–Kier alpha value is -1.80.